The van der Waals surface area contributed by atoms with Gasteiger partial charge >= 0.3 is 0 Å². The Hall–Kier alpha value is -1.95. The number of benzene rings is 1. The molecule has 1 unspecified atom stereocenters. The van der Waals surface area contributed by atoms with Crippen molar-refractivity contribution in [3.8, 4) is 0 Å². The number of halogens is 1. The van der Waals surface area contributed by atoms with Gasteiger partial charge in [-0.2, -0.15) is 0 Å². The Morgan fingerprint density at radius 2 is 2.21 bits per heavy atom. The predicted octanol–water partition coefficient (Wildman–Crippen LogP) is 4.39. The number of anilines is 2. The zero-order chi connectivity index (χ0) is 16.9. The number of carbonyl (C=O) groups excluding carboxylic acids is 1. The molecule has 0 aliphatic carbocycles. The van der Waals surface area contributed by atoms with Crippen molar-refractivity contribution < 1.29 is 4.79 Å². The molecule has 1 amide bonds. The van der Waals surface area contributed by atoms with Gasteiger partial charge in [-0.25, -0.2) is 9.97 Å². The van der Waals surface area contributed by atoms with Crippen molar-refractivity contribution in [1.29, 1.82) is 0 Å². The molecular formula is C18H21BrN4O. The topological polar surface area (TPSA) is 58.1 Å². The molecule has 24 heavy (non-hydrogen) atoms. The highest BCUT2D eigenvalue weighted by molar-refractivity contribution is 9.10. The molecule has 1 fully saturated rings. The molecule has 1 atom stereocenters. The fourth-order valence-electron chi connectivity index (χ4n) is 3.10. The molecule has 1 aromatic heterocycles. The molecule has 1 saturated heterocycles. The lowest BCUT2D eigenvalue weighted by molar-refractivity contribution is 0.0602. The molecule has 6 heteroatoms. The average Bonchev–Trinajstić information content (AvgIpc) is 2.61. The summed E-state index contributed by atoms with van der Waals surface area (Å²) in [7, 11) is 0. The zero-order valence-electron chi connectivity index (χ0n) is 13.7. The summed E-state index contributed by atoms with van der Waals surface area (Å²) in [5.41, 5.74) is 1.36. The van der Waals surface area contributed by atoms with E-state index in [1.165, 1.54) is 12.7 Å². The molecule has 0 saturated carbocycles. The molecule has 1 aliphatic rings. The van der Waals surface area contributed by atoms with Crippen molar-refractivity contribution in [2.75, 3.05) is 11.9 Å². The average molecular weight is 389 g/mol. The van der Waals surface area contributed by atoms with Gasteiger partial charge in [-0.3, -0.25) is 4.79 Å². The van der Waals surface area contributed by atoms with E-state index >= 15 is 0 Å². The molecule has 126 valence electrons. The van der Waals surface area contributed by atoms with Crippen molar-refractivity contribution in [2.45, 2.75) is 38.6 Å². The van der Waals surface area contributed by atoms with Crippen molar-refractivity contribution in [3.05, 3.63) is 46.8 Å². The number of hydrogen-bond donors (Lipinski definition) is 1. The predicted molar refractivity (Wildman–Crippen MR) is 98.4 cm³/mol. The lowest BCUT2D eigenvalue weighted by Gasteiger charge is -2.35. The maximum Gasteiger partial charge on any atom is 0.272 e. The molecule has 0 spiro atoms. The van der Waals surface area contributed by atoms with E-state index in [4.69, 9.17) is 0 Å². The lowest BCUT2D eigenvalue weighted by atomic mass is 9.99. The standard InChI is InChI=1S/C18H21BrN4O/c1-2-15-8-3-4-9-23(15)18(24)16-11-17(21-12-20-16)22-14-7-5-6-13(19)10-14/h5-7,10-12,15H,2-4,8-9H2,1H3,(H,20,21,22). The molecule has 3 rings (SSSR count). The fraction of sp³-hybridized carbons (Fsp3) is 0.389. The third kappa shape index (κ3) is 3.93. The van der Waals surface area contributed by atoms with E-state index in [0.717, 1.165) is 36.0 Å². The summed E-state index contributed by atoms with van der Waals surface area (Å²) in [6.45, 7) is 2.95. The fourth-order valence-corrected chi connectivity index (χ4v) is 3.50. The minimum atomic E-state index is 0.00115. The highest BCUT2D eigenvalue weighted by Crippen LogP contribution is 2.23. The van der Waals surface area contributed by atoms with Crippen LogP contribution in [-0.2, 0) is 0 Å². The first kappa shape index (κ1) is 16.9. The third-order valence-corrected chi connectivity index (χ3v) is 4.84. The minimum Gasteiger partial charge on any atom is -0.340 e. The molecule has 2 aromatic rings. The van der Waals surface area contributed by atoms with Crippen molar-refractivity contribution >= 4 is 33.3 Å². The zero-order valence-corrected chi connectivity index (χ0v) is 15.3. The van der Waals surface area contributed by atoms with Crippen molar-refractivity contribution in [1.82, 2.24) is 14.9 Å². The first-order chi connectivity index (χ1) is 11.7. The first-order valence-corrected chi connectivity index (χ1v) is 9.12. The summed E-state index contributed by atoms with van der Waals surface area (Å²) < 4.78 is 0.983. The molecule has 0 radical (unpaired) electrons. The second-order valence-electron chi connectivity index (χ2n) is 5.98. The number of rotatable bonds is 4. The summed E-state index contributed by atoms with van der Waals surface area (Å²) in [5, 5.41) is 3.22. The Bertz CT molecular complexity index is 722. The maximum atomic E-state index is 12.8. The molecule has 1 aliphatic heterocycles. The van der Waals surface area contributed by atoms with Gasteiger partial charge in [-0.05, 0) is 43.9 Å². The van der Waals surface area contributed by atoms with Crippen LogP contribution in [0.1, 0.15) is 43.1 Å². The van der Waals surface area contributed by atoms with Crippen LogP contribution >= 0.6 is 15.9 Å². The van der Waals surface area contributed by atoms with Gasteiger partial charge < -0.3 is 10.2 Å². The summed E-state index contributed by atoms with van der Waals surface area (Å²) in [6, 6.07) is 9.86. The van der Waals surface area contributed by atoms with Gasteiger partial charge in [0.25, 0.3) is 5.91 Å². The van der Waals surface area contributed by atoms with Gasteiger partial charge in [-0.15, -0.1) is 0 Å². The number of hydrogen-bond acceptors (Lipinski definition) is 4. The number of carbonyl (C=O) groups is 1. The van der Waals surface area contributed by atoms with E-state index in [9.17, 15) is 4.79 Å². The smallest absolute Gasteiger partial charge is 0.272 e. The molecule has 1 aromatic carbocycles. The Kier molecular flexibility index (Phi) is 5.45. The Balaban J connectivity index is 1.78. The number of piperidine rings is 1. The van der Waals surface area contributed by atoms with Gasteiger partial charge in [0.2, 0.25) is 0 Å². The van der Waals surface area contributed by atoms with Crippen LogP contribution in [0.4, 0.5) is 11.5 Å². The van der Waals surface area contributed by atoms with Crippen LogP contribution in [0.25, 0.3) is 0 Å². The Morgan fingerprint density at radius 3 is 3.00 bits per heavy atom. The number of likely N-dealkylation sites (tertiary alicyclic amines) is 1. The van der Waals surface area contributed by atoms with Crippen LogP contribution < -0.4 is 5.32 Å². The van der Waals surface area contributed by atoms with E-state index in [1.807, 2.05) is 29.2 Å². The van der Waals surface area contributed by atoms with Crippen LogP contribution in [0, 0.1) is 0 Å². The van der Waals surface area contributed by atoms with Crippen molar-refractivity contribution in [2.24, 2.45) is 0 Å². The summed E-state index contributed by atoms with van der Waals surface area (Å²) in [4.78, 5) is 23.2. The summed E-state index contributed by atoms with van der Waals surface area (Å²) >= 11 is 3.45. The van der Waals surface area contributed by atoms with E-state index in [0.29, 0.717) is 17.6 Å². The van der Waals surface area contributed by atoms with Crippen LogP contribution in [0.15, 0.2) is 41.1 Å². The van der Waals surface area contributed by atoms with Crippen LogP contribution in [0.3, 0.4) is 0 Å². The SMILES string of the molecule is CCC1CCCCN1C(=O)c1cc(Nc2cccc(Br)c2)ncn1. The third-order valence-electron chi connectivity index (χ3n) is 4.34. The molecule has 0 bridgehead atoms. The van der Waals surface area contributed by atoms with Gasteiger partial charge in [0.15, 0.2) is 0 Å². The van der Waals surface area contributed by atoms with Gasteiger partial charge in [-0.1, -0.05) is 28.9 Å². The first-order valence-electron chi connectivity index (χ1n) is 8.33. The Labute approximate surface area is 150 Å². The number of nitrogens with one attached hydrogen (secondary N) is 1. The Morgan fingerprint density at radius 1 is 1.33 bits per heavy atom. The van der Waals surface area contributed by atoms with Gasteiger partial charge in [0.05, 0.1) is 0 Å². The molecule has 5 nitrogen and oxygen atoms in total. The second kappa shape index (κ2) is 7.75. The van der Waals surface area contributed by atoms with Crippen molar-refractivity contribution in [3.63, 3.8) is 0 Å². The number of aromatic nitrogens is 2. The minimum absolute atomic E-state index is 0.00115. The second-order valence-corrected chi connectivity index (χ2v) is 6.90. The van der Waals surface area contributed by atoms with Crippen LogP contribution in [-0.4, -0.2) is 33.4 Å². The van der Waals surface area contributed by atoms with Gasteiger partial charge in [0.1, 0.15) is 17.8 Å². The monoisotopic (exact) mass is 388 g/mol. The normalized spacial score (nSPS) is 17.6. The lowest BCUT2D eigenvalue weighted by Crippen LogP contribution is -2.43. The van der Waals surface area contributed by atoms with Gasteiger partial charge in [0, 0.05) is 28.8 Å². The van der Waals surface area contributed by atoms with E-state index in [1.54, 1.807) is 6.07 Å². The van der Waals surface area contributed by atoms with E-state index < -0.39 is 0 Å². The summed E-state index contributed by atoms with van der Waals surface area (Å²) in [6.07, 6.45) is 5.77. The van der Waals surface area contributed by atoms with Crippen LogP contribution in [0.5, 0.6) is 0 Å². The molecular weight excluding hydrogens is 368 g/mol. The van der Waals surface area contributed by atoms with E-state index in [2.05, 4.69) is 38.1 Å². The van der Waals surface area contributed by atoms with E-state index in [-0.39, 0.29) is 5.91 Å². The molecule has 2 heterocycles. The number of nitrogens with zero attached hydrogens (tertiary/aromatic N) is 3. The maximum absolute atomic E-state index is 12.8. The largest absolute Gasteiger partial charge is 0.340 e. The quantitative estimate of drug-likeness (QED) is 0.843. The number of amides is 1. The van der Waals surface area contributed by atoms with Crippen LogP contribution in [0.2, 0.25) is 0 Å². The highest BCUT2D eigenvalue weighted by atomic mass is 79.9. The summed E-state index contributed by atoms with van der Waals surface area (Å²) in [5.74, 6) is 0.623. The molecule has 1 N–H and O–H groups in total. The highest BCUT2D eigenvalue weighted by Gasteiger charge is 2.27.